The second kappa shape index (κ2) is 5.95. The van der Waals surface area contributed by atoms with Crippen LogP contribution in [-0.2, 0) is 0 Å². The molecule has 0 aliphatic heterocycles. The maximum absolute atomic E-state index is 11.2. The molecule has 4 heteroatoms. The zero-order valence-electron chi connectivity index (χ0n) is 12.8. The highest BCUT2D eigenvalue weighted by Crippen LogP contribution is 2.30. The van der Waals surface area contributed by atoms with Gasteiger partial charge in [-0.1, -0.05) is 29.8 Å². The van der Waals surface area contributed by atoms with Crippen LogP contribution in [0.5, 0.6) is 0 Å². The van der Waals surface area contributed by atoms with Crippen LogP contribution >= 0.6 is 0 Å². The molecule has 0 amide bonds. The predicted octanol–water partition coefficient (Wildman–Crippen LogP) is 4.69. The Bertz CT molecular complexity index is 680. The van der Waals surface area contributed by atoms with Crippen molar-refractivity contribution in [2.75, 3.05) is 5.32 Å². The molecular weight excluding hydrogens is 264 g/mol. The first kappa shape index (κ1) is 15.0. The number of aryl methyl sites for hydroxylation is 3. The van der Waals surface area contributed by atoms with E-state index < -0.39 is 0 Å². The van der Waals surface area contributed by atoms with Gasteiger partial charge in [0.1, 0.15) is 5.69 Å². The highest BCUT2D eigenvalue weighted by atomic mass is 16.6. The van der Waals surface area contributed by atoms with Crippen molar-refractivity contribution < 1.29 is 4.92 Å². The zero-order valence-corrected chi connectivity index (χ0v) is 12.8. The fourth-order valence-corrected chi connectivity index (χ4v) is 2.54. The molecule has 0 bridgehead atoms. The van der Waals surface area contributed by atoms with Crippen LogP contribution in [0.4, 0.5) is 11.4 Å². The summed E-state index contributed by atoms with van der Waals surface area (Å²) in [4.78, 5) is 10.8. The molecule has 2 aromatic rings. The van der Waals surface area contributed by atoms with E-state index in [4.69, 9.17) is 0 Å². The summed E-state index contributed by atoms with van der Waals surface area (Å²) in [6, 6.07) is 11.5. The summed E-state index contributed by atoms with van der Waals surface area (Å²) in [7, 11) is 0. The Morgan fingerprint density at radius 3 is 2.29 bits per heavy atom. The summed E-state index contributed by atoms with van der Waals surface area (Å²) in [6.07, 6.45) is 0. The van der Waals surface area contributed by atoms with Crippen molar-refractivity contribution in [2.24, 2.45) is 0 Å². The lowest BCUT2D eigenvalue weighted by Gasteiger charge is -2.18. The van der Waals surface area contributed by atoms with Gasteiger partial charge < -0.3 is 5.32 Å². The van der Waals surface area contributed by atoms with Crippen LogP contribution < -0.4 is 5.32 Å². The largest absolute Gasteiger partial charge is 0.373 e. The number of hydrogen-bond donors (Lipinski definition) is 1. The summed E-state index contributed by atoms with van der Waals surface area (Å²) >= 11 is 0. The quantitative estimate of drug-likeness (QED) is 0.654. The van der Waals surface area contributed by atoms with Gasteiger partial charge in [-0.15, -0.1) is 0 Å². The van der Waals surface area contributed by atoms with Crippen LogP contribution in [-0.4, -0.2) is 4.92 Å². The van der Waals surface area contributed by atoms with Crippen molar-refractivity contribution in [3.63, 3.8) is 0 Å². The minimum atomic E-state index is -0.343. The number of nitrogens with one attached hydrogen (secondary N) is 1. The van der Waals surface area contributed by atoms with E-state index in [1.54, 1.807) is 12.1 Å². The lowest BCUT2D eigenvalue weighted by molar-refractivity contribution is -0.384. The van der Waals surface area contributed by atoms with E-state index in [1.807, 2.05) is 19.9 Å². The maximum Gasteiger partial charge on any atom is 0.292 e. The van der Waals surface area contributed by atoms with E-state index in [0.717, 1.165) is 11.1 Å². The number of nitrogens with zero attached hydrogens (tertiary/aromatic N) is 1. The average Bonchev–Trinajstić information content (AvgIpc) is 2.40. The third-order valence-corrected chi connectivity index (χ3v) is 3.61. The highest BCUT2D eigenvalue weighted by molar-refractivity contribution is 5.63. The van der Waals surface area contributed by atoms with Gasteiger partial charge in [0.25, 0.3) is 5.69 Å². The highest BCUT2D eigenvalue weighted by Gasteiger charge is 2.17. The van der Waals surface area contributed by atoms with Gasteiger partial charge >= 0.3 is 0 Å². The molecule has 0 heterocycles. The normalized spacial score (nSPS) is 12.0. The zero-order chi connectivity index (χ0) is 15.6. The van der Waals surface area contributed by atoms with Gasteiger partial charge in [-0.05, 0) is 50.5 Å². The average molecular weight is 284 g/mol. The van der Waals surface area contributed by atoms with Crippen LogP contribution in [0, 0.1) is 30.9 Å². The third kappa shape index (κ3) is 3.40. The molecule has 0 spiro atoms. The van der Waals surface area contributed by atoms with Crippen LogP contribution in [0.25, 0.3) is 0 Å². The summed E-state index contributed by atoms with van der Waals surface area (Å²) in [5, 5.41) is 14.4. The van der Waals surface area contributed by atoms with Crippen LogP contribution in [0.15, 0.2) is 36.4 Å². The van der Waals surface area contributed by atoms with Gasteiger partial charge in [-0.2, -0.15) is 0 Å². The number of benzene rings is 2. The number of hydrogen-bond acceptors (Lipinski definition) is 3. The standard InChI is InChI=1S/C17H20N2O2/c1-11-5-7-15(13(3)9-11)14(4)18-16-8-6-12(2)10-17(16)19(20)21/h5-10,14,18H,1-4H3. The van der Waals surface area contributed by atoms with Gasteiger partial charge in [-0.25, -0.2) is 0 Å². The second-order valence-corrected chi connectivity index (χ2v) is 5.50. The van der Waals surface area contributed by atoms with Crippen LogP contribution in [0.1, 0.15) is 35.2 Å². The smallest absolute Gasteiger partial charge is 0.292 e. The molecular formula is C17H20N2O2. The van der Waals surface area contributed by atoms with Crippen molar-refractivity contribution in [1.29, 1.82) is 0 Å². The maximum atomic E-state index is 11.2. The minimum Gasteiger partial charge on any atom is -0.373 e. The first-order valence-corrected chi connectivity index (χ1v) is 6.97. The number of anilines is 1. The second-order valence-electron chi connectivity index (χ2n) is 5.50. The Morgan fingerprint density at radius 1 is 1.05 bits per heavy atom. The van der Waals surface area contributed by atoms with Crippen molar-refractivity contribution in [1.82, 2.24) is 0 Å². The van der Waals surface area contributed by atoms with E-state index in [1.165, 1.54) is 11.1 Å². The Labute approximate surface area is 125 Å². The Kier molecular flexibility index (Phi) is 4.26. The van der Waals surface area contributed by atoms with Gasteiger partial charge in [0.2, 0.25) is 0 Å². The van der Waals surface area contributed by atoms with Gasteiger partial charge in [0, 0.05) is 12.1 Å². The molecule has 1 N–H and O–H groups in total. The van der Waals surface area contributed by atoms with Gasteiger partial charge in [0.15, 0.2) is 0 Å². The molecule has 4 nitrogen and oxygen atoms in total. The van der Waals surface area contributed by atoms with E-state index in [-0.39, 0.29) is 16.7 Å². The molecule has 0 fully saturated rings. The first-order chi connectivity index (χ1) is 9.88. The molecule has 0 saturated heterocycles. The molecule has 0 aliphatic rings. The molecule has 0 aromatic heterocycles. The van der Waals surface area contributed by atoms with E-state index in [9.17, 15) is 10.1 Å². The minimum absolute atomic E-state index is 0.00649. The summed E-state index contributed by atoms with van der Waals surface area (Å²) < 4.78 is 0. The molecule has 1 unspecified atom stereocenters. The lowest BCUT2D eigenvalue weighted by atomic mass is 10.00. The predicted molar refractivity (Wildman–Crippen MR) is 85.8 cm³/mol. The van der Waals surface area contributed by atoms with Crippen molar-refractivity contribution in [3.8, 4) is 0 Å². The van der Waals surface area contributed by atoms with Gasteiger partial charge in [0.05, 0.1) is 4.92 Å². The van der Waals surface area contributed by atoms with Crippen molar-refractivity contribution in [2.45, 2.75) is 33.7 Å². The van der Waals surface area contributed by atoms with Crippen molar-refractivity contribution >= 4 is 11.4 Å². The SMILES string of the molecule is Cc1ccc(C(C)Nc2ccc(C)cc2[N+](=O)[O-])c(C)c1. The topological polar surface area (TPSA) is 55.2 Å². The molecule has 0 radical (unpaired) electrons. The fraction of sp³-hybridized carbons (Fsp3) is 0.294. The lowest BCUT2D eigenvalue weighted by Crippen LogP contribution is -2.10. The van der Waals surface area contributed by atoms with E-state index in [2.05, 4.69) is 37.4 Å². The Balaban J connectivity index is 2.31. The molecule has 0 aliphatic carbocycles. The third-order valence-electron chi connectivity index (χ3n) is 3.61. The van der Waals surface area contributed by atoms with Crippen molar-refractivity contribution in [3.05, 3.63) is 68.8 Å². The van der Waals surface area contributed by atoms with Gasteiger partial charge in [-0.3, -0.25) is 10.1 Å². The monoisotopic (exact) mass is 284 g/mol. The number of rotatable bonds is 4. The molecule has 2 rings (SSSR count). The summed E-state index contributed by atoms with van der Waals surface area (Å²) in [5.74, 6) is 0. The molecule has 0 saturated carbocycles. The van der Waals surface area contributed by atoms with Crippen LogP contribution in [0.2, 0.25) is 0 Å². The van der Waals surface area contributed by atoms with E-state index >= 15 is 0 Å². The molecule has 1 atom stereocenters. The Morgan fingerprint density at radius 2 is 1.67 bits per heavy atom. The molecule has 21 heavy (non-hydrogen) atoms. The summed E-state index contributed by atoms with van der Waals surface area (Å²) in [5.41, 5.74) is 5.10. The van der Waals surface area contributed by atoms with Crippen LogP contribution in [0.3, 0.4) is 0 Å². The summed E-state index contributed by atoms with van der Waals surface area (Å²) in [6.45, 7) is 7.98. The molecule has 2 aromatic carbocycles. The molecule has 110 valence electrons. The number of nitro benzene ring substituents is 1. The fourth-order valence-electron chi connectivity index (χ4n) is 2.54. The first-order valence-electron chi connectivity index (χ1n) is 6.97. The Hall–Kier alpha value is -2.36. The van der Waals surface area contributed by atoms with E-state index in [0.29, 0.717) is 5.69 Å². The number of nitro groups is 1.